The predicted molar refractivity (Wildman–Crippen MR) is 125 cm³/mol. The summed E-state index contributed by atoms with van der Waals surface area (Å²) in [5.41, 5.74) is 3.56. The van der Waals surface area contributed by atoms with Gasteiger partial charge in [0.1, 0.15) is 29.8 Å². The van der Waals surface area contributed by atoms with Gasteiger partial charge in [0.25, 0.3) is 0 Å². The highest BCUT2D eigenvalue weighted by atomic mass is 32.2. The van der Waals surface area contributed by atoms with Crippen LogP contribution in [0.3, 0.4) is 0 Å². The van der Waals surface area contributed by atoms with Crippen molar-refractivity contribution in [1.82, 2.24) is 15.0 Å². The van der Waals surface area contributed by atoms with E-state index in [9.17, 15) is 8.60 Å². The Balaban J connectivity index is 1.72. The van der Waals surface area contributed by atoms with Gasteiger partial charge in [-0.1, -0.05) is 6.07 Å². The fraction of sp³-hybridized carbons (Fsp3) is 0.174. The Bertz CT molecular complexity index is 1360. The highest BCUT2D eigenvalue weighted by Gasteiger charge is 2.15. The van der Waals surface area contributed by atoms with E-state index in [1.807, 2.05) is 32.0 Å². The molecule has 0 bridgehead atoms. The number of pyridine rings is 1. The Labute approximate surface area is 186 Å². The van der Waals surface area contributed by atoms with Gasteiger partial charge >= 0.3 is 0 Å². The van der Waals surface area contributed by atoms with Gasteiger partial charge in [-0.2, -0.15) is 0 Å². The van der Waals surface area contributed by atoms with Gasteiger partial charge in [-0.05, 0) is 49.7 Å². The maximum atomic E-state index is 14.0. The number of hydrogen-bond acceptors (Lipinski definition) is 7. The molecule has 0 aliphatic heterocycles. The molecular formula is C23H22FN5O2S. The number of aromatic nitrogens is 3. The van der Waals surface area contributed by atoms with E-state index in [2.05, 4.69) is 24.6 Å². The standard InChI is InChI=1S/C23H22FN5O2S/c1-14-9-18(29-32(3)30)11-20-22(14)23(27-13-26-20)28-19-7-6-17(24)10-21(19)31-15(2)16-5-4-8-25-12-16/h4-13,15,32H,1-3H3,(H,26,27,28). The van der Waals surface area contributed by atoms with E-state index in [0.717, 1.165) is 16.5 Å². The first-order valence-electron chi connectivity index (χ1n) is 9.91. The summed E-state index contributed by atoms with van der Waals surface area (Å²) >= 11 is 0. The number of fused-ring (bicyclic) bond motifs is 1. The van der Waals surface area contributed by atoms with Crippen LogP contribution < -0.4 is 10.1 Å². The number of halogens is 1. The molecule has 0 radical (unpaired) electrons. The van der Waals surface area contributed by atoms with Gasteiger partial charge in [0.15, 0.2) is 0 Å². The molecule has 1 N–H and O–H groups in total. The van der Waals surface area contributed by atoms with Crippen molar-refractivity contribution in [2.45, 2.75) is 20.0 Å². The van der Waals surface area contributed by atoms with Gasteiger partial charge in [-0.15, -0.1) is 0 Å². The molecule has 2 aromatic heterocycles. The zero-order valence-corrected chi connectivity index (χ0v) is 18.7. The second-order valence-corrected chi connectivity index (χ2v) is 8.38. The third-order valence-electron chi connectivity index (χ3n) is 4.83. The molecule has 0 amide bonds. The van der Waals surface area contributed by atoms with Gasteiger partial charge in [-0.25, -0.2) is 18.7 Å². The molecule has 0 saturated heterocycles. The Kier molecular flexibility index (Phi) is 6.27. The molecule has 0 fully saturated rings. The molecule has 4 rings (SSSR count). The number of anilines is 2. The van der Waals surface area contributed by atoms with E-state index in [0.29, 0.717) is 28.5 Å². The second kappa shape index (κ2) is 9.27. The van der Waals surface area contributed by atoms with Crippen molar-refractivity contribution in [2.24, 2.45) is 4.36 Å². The van der Waals surface area contributed by atoms with E-state index >= 15 is 0 Å². The number of nitrogens with zero attached hydrogens (tertiary/aromatic N) is 4. The molecule has 2 aromatic carbocycles. The van der Waals surface area contributed by atoms with Crippen molar-refractivity contribution in [3.8, 4) is 5.75 Å². The summed E-state index contributed by atoms with van der Waals surface area (Å²) in [4.78, 5) is 12.8. The molecule has 32 heavy (non-hydrogen) atoms. The van der Waals surface area contributed by atoms with Crippen LogP contribution in [0.4, 0.5) is 21.6 Å². The van der Waals surface area contributed by atoms with Gasteiger partial charge in [0.2, 0.25) is 0 Å². The molecule has 4 aromatic rings. The van der Waals surface area contributed by atoms with E-state index in [1.54, 1.807) is 30.8 Å². The smallest absolute Gasteiger partial charge is 0.146 e. The summed E-state index contributed by atoms with van der Waals surface area (Å²) in [7, 11) is -1.67. The van der Waals surface area contributed by atoms with Crippen molar-refractivity contribution in [3.63, 3.8) is 0 Å². The molecule has 7 nitrogen and oxygen atoms in total. The Morgan fingerprint density at radius 2 is 2.03 bits per heavy atom. The molecule has 0 spiro atoms. The average Bonchev–Trinajstić information content (AvgIpc) is 2.75. The van der Waals surface area contributed by atoms with Gasteiger partial charge in [0.05, 0.1) is 16.9 Å². The summed E-state index contributed by atoms with van der Waals surface area (Å²) in [6.07, 6.45) is 6.04. The van der Waals surface area contributed by atoms with Gasteiger partial charge in [-0.3, -0.25) is 9.19 Å². The number of aryl methyl sites for hydroxylation is 1. The lowest BCUT2D eigenvalue weighted by atomic mass is 10.1. The third-order valence-corrected chi connectivity index (χ3v) is 5.34. The third kappa shape index (κ3) is 4.83. The Morgan fingerprint density at radius 1 is 1.19 bits per heavy atom. The average molecular weight is 452 g/mol. The molecule has 0 saturated carbocycles. The highest BCUT2D eigenvalue weighted by Crippen LogP contribution is 2.35. The van der Waals surface area contributed by atoms with Crippen LogP contribution in [0.25, 0.3) is 10.9 Å². The zero-order valence-electron chi connectivity index (χ0n) is 17.8. The molecular weight excluding hydrogens is 429 g/mol. The molecule has 0 aliphatic carbocycles. The van der Waals surface area contributed by atoms with Crippen LogP contribution in [0.1, 0.15) is 24.2 Å². The van der Waals surface area contributed by atoms with Crippen LogP contribution >= 0.6 is 0 Å². The fourth-order valence-corrected chi connectivity index (χ4v) is 3.83. The first kappa shape index (κ1) is 21.6. The number of hydrogen-bond donors (Lipinski definition) is 2. The number of benzene rings is 2. The number of thiol groups is 1. The second-order valence-electron chi connectivity index (χ2n) is 7.26. The fourth-order valence-electron chi connectivity index (χ4n) is 3.39. The Morgan fingerprint density at radius 3 is 2.78 bits per heavy atom. The van der Waals surface area contributed by atoms with Crippen LogP contribution in [0.5, 0.6) is 5.75 Å². The van der Waals surface area contributed by atoms with Crippen molar-refractivity contribution >= 4 is 38.7 Å². The lowest BCUT2D eigenvalue weighted by Gasteiger charge is -2.19. The molecule has 164 valence electrons. The Hall–Kier alpha value is -3.59. The zero-order chi connectivity index (χ0) is 22.7. The van der Waals surface area contributed by atoms with Crippen molar-refractivity contribution in [2.75, 3.05) is 11.6 Å². The van der Waals surface area contributed by atoms with E-state index < -0.39 is 16.4 Å². The monoisotopic (exact) mass is 451 g/mol. The maximum absolute atomic E-state index is 14.0. The minimum atomic E-state index is -1.67. The van der Waals surface area contributed by atoms with Gasteiger partial charge in [0, 0.05) is 46.3 Å². The molecule has 2 atom stereocenters. The number of ether oxygens (including phenoxy) is 1. The highest BCUT2D eigenvalue weighted by molar-refractivity contribution is 7.74. The largest absolute Gasteiger partial charge is 0.484 e. The van der Waals surface area contributed by atoms with E-state index in [1.165, 1.54) is 18.5 Å². The summed E-state index contributed by atoms with van der Waals surface area (Å²) in [6.45, 7) is 3.78. The lowest BCUT2D eigenvalue weighted by molar-refractivity contribution is 0.227. The number of rotatable bonds is 6. The first-order chi connectivity index (χ1) is 15.4. The summed E-state index contributed by atoms with van der Waals surface area (Å²) in [6, 6.07) is 11.6. The van der Waals surface area contributed by atoms with Crippen LogP contribution in [0.15, 0.2) is 65.5 Å². The van der Waals surface area contributed by atoms with Crippen LogP contribution in [-0.4, -0.2) is 25.4 Å². The quantitative estimate of drug-likeness (QED) is 0.388. The van der Waals surface area contributed by atoms with Crippen LogP contribution in [-0.2, 0) is 10.6 Å². The normalized spacial score (nSPS) is 13.1. The summed E-state index contributed by atoms with van der Waals surface area (Å²) in [5, 5.41) is 4.04. The maximum Gasteiger partial charge on any atom is 0.146 e. The van der Waals surface area contributed by atoms with Crippen molar-refractivity contribution in [3.05, 3.63) is 78.1 Å². The molecule has 2 heterocycles. The van der Waals surface area contributed by atoms with Crippen LogP contribution in [0, 0.1) is 12.7 Å². The minimum absolute atomic E-state index is 0.338. The number of nitrogens with one attached hydrogen (secondary N) is 1. The van der Waals surface area contributed by atoms with E-state index in [-0.39, 0.29) is 6.10 Å². The molecule has 9 heteroatoms. The summed E-state index contributed by atoms with van der Waals surface area (Å²) in [5.74, 6) is 0.485. The lowest BCUT2D eigenvalue weighted by Crippen LogP contribution is -2.06. The first-order valence-corrected chi connectivity index (χ1v) is 11.6. The van der Waals surface area contributed by atoms with Crippen molar-refractivity contribution < 1.29 is 13.3 Å². The van der Waals surface area contributed by atoms with E-state index in [4.69, 9.17) is 4.74 Å². The molecule has 0 aliphatic rings. The summed E-state index contributed by atoms with van der Waals surface area (Å²) < 4.78 is 35.7. The van der Waals surface area contributed by atoms with Gasteiger partial charge < -0.3 is 10.1 Å². The predicted octanol–water partition coefficient (Wildman–Crippen LogP) is 5.28. The topological polar surface area (TPSA) is 89.4 Å². The van der Waals surface area contributed by atoms with Crippen LogP contribution in [0.2, 0.25) is 0 Å². The SMILES string of the molecule is Cc1cc(/N=[SH](/C)=O)cc2ncnc(Nc3ccc(F)cc3OC(C)c3cccnc3)c12. The minimum Gasteiger partial charge on any atom is -0.484 e. The molecule has 2 unspecified atom stereocenters. The van der Waals surface area contributed by atoms with Crippen molar-refractivity contribution in [1.29, 1.82) is 0 Å².